The maximum Gasteiger partial charge on any atom is 0.262 e. The zero-order chi connectivity index (χ0) is 18.1. The molecule has 2 aromatic heterocycles. The Bertz CT molecular complexity index is 1010. The number of fused-ring (bicyclic) bond motifs is 1. The van der Waals surface area contributed by atoms with Gasteiger partial charge in [0, 0.05) is 17.8 Å². The van der Waals surface area contributed by atoms with E-state index in [0.29, 0.717) is 10.2 Å². The molecule has 1 N–H and O–H groups in total. The molecule has 5 nitrogen and oxygen atoms in total. The van der Waals surface area contributed by atoms with Crippen LogP contribution < -0.4 is 10.9 Å². The van der Waals surface area contributed by atoms with Crippen molar-refractivity contribution in [3.63, 3.8) is 0 Å². The van der Waals surface area contributed by atoms with Crippen LogP contribution in [0.5, 0.6) is 0 Å². The molecule has 0 saturated heterocycles. The summed E-state index contributed by atoms with van der Waals surface area (Å²) in [5, 5.41) is 2.75. The van der Waals surface area contributed by atoms with Gasteiger partial charge in [-0.1, -0.05) is 6.07 Å². The lowest BCUT2D eigenvalue weighted by molar-refractivity contribution is -0.116. The van der Waals surface area contributed by atoms with Crippen molar-refractivity contribution in [3.05, 3.63) is 57.0 Å². The summed E-state index contributed by atoms with van der Waals surface area (Å²) >= 11 is 1.44. The topological polar surface area (TPSA) is 64.0 Å². The molecule has 8 heteroatoms. The van der Waals surface area contributed by atoms with Crippen LogP contribution in [-0.2, 0) is 11.3 Å². The van der Waals surface area contributed by atoms with Crippen molar-refractivity contribution < 1.29 is 13.6 Å². The number of nitrogens with zero attached hydrogens (tertiary/aromatic N) is 2. The molecule has 0 saturated carbocycles. The Balaban J connectivity index is 1.77. The predicted octanol–water partition coefficient (Wildman–Crippen LogP) is 3.38. The van der Waals surface area contributed by atoms with Crippen molar-refractivity contribution in [1.29, 1.82) is 0 Å². The summed E-state index contributed by atoms with van der Waals surface area (Å²) in [5.74, 6) is -2.29. The largest absolute Gasteiger partial charge is 0.321 e. The van der Waals surface area contributed by atoms with Crippen LogP contribution >= 0.6 is 11.3 Å². The van der Waals surface area contributed by atoms with E-state index >= 15 is 0 Å². The van der Waals surface area contributed by atoms with E-state index in [1.54, 1.807) is 0 Å². The molecule has 0 atom stereocenters. The van der Waals surface area contributed by atoms with Gasteiger partial charge in [-0.2, -0.15) is 0 Å². The lowest BCUT2D eigenvalue weighted by Crippen LogP contribution is -2.24. The minimum atomic E-state index is -0.849. The summed E-state index contributed by atoms with van der Waals surface area (Å²) in [5.41, 5.74) is 0.166. The van der Waals surface area contributed by atoms with Gasteiger partial charge < -0.3 is 5.32 Å². The first kappa shape index (κ1) is 17.2. The summed E-state index contributed by atoms with van der Waals surface area (Å²) in [4.78, 5) is 30.4. The van der Waals surface area contributed by atoms with E-state index in [-0.39, 0.29) is 18.5 Å². The third-order valence-corrected chi connectivity index (χ3v) is 5.08. The molecule has 0 fully saturated rings. The molecule has 1 amide bonds. The summed E-state index contributed by atoms with van der Waals surface area (Å²) in [6, 6.07) is 3.33. The normalized spacial score (nSPS) is 11.0. The van der Waals surface area contributed by atoms with Crippen LogP contribution in [-0.4, -0.2) is 15.5 Å². The van der Waals surface area contributed by atoms with Crippen LogP contribution in [0, 0.1) is 25.5 Å². The van der Waals surface area contributed by atoms with E-state index in [9.17, 15) is 18.4 Å². The quantitative estimate of drug-likeness (QED) is 0.773. The van der Waals surface area contributed by atoms with Crippen LogP contribution in [0.15, 0.2) is 29.3 Å². The van der Waals surface area contributed by atoms with E-state index in [1.165, 1.54) is 28.3 Å². The van der Waals surface area contributed by atoms with Gasteiger partial charge in [-0.15, -0.1) is 11.3 Å². The Morgan fingerprint density at radius 1 is 1.28 bits per heavy atom. The van der Waals surface area contributed by atoms with Gasteiger partial charge in [0.1, 0.15) is 22.2 Å². The minimum absolute atomic E-state index is 0.0675. The molecule has 0 bridgehead atoms. The first-order valence-electron chi connectivity index (χ1n) is 7.57. The number of hydrogen-bond acceptors (Lipinski definition) is 4. The molecule has 0 unspecified atom stereocenters. The maximum atomic E-state index is 13.5. The number of thiophene rings is 1. The first-order chi connectivity index (χ1) is 11.9. The van der Waals surface area contributed by atoms with Crippen LogP contribution in [0.3, 0.4) is 0 Å². The fraction of sp³-hybridized carbons (Fsp3) is 0.235. The van der Waals surface area contributed by atoms with Crippen molar-refractivity contribution >= 4 is 33.1 Å². The van der Waals surface area contributed by atoms with E-state index in [2.05, 4.69) is 10.3 Å². The third-order valence-electron chi connectivity index (χ3n) is 3.96. The predicted molar refractivity (Wildman–Crippen MR) is 93.0 cm³/mol. The fourth-order valence-electron chi connectivity index (χ4n) is 2.47. The molecule has 0 aliphatic rings. The second-order valence-corrected chi connectivity index (χ2v) is 6.80. The average Bonchev–Trinajstić information content (AvgIpc) is 2.86. The molecule has 0 radical (unpaired) electrons. The molecule has 3 aromatic rings. The monoisotopic (exact) mass is 363 g/mol. The fourth-order valence-corrected chi connectivity index (χ4v) is 3.46. The Hall–Kier alpha value is -2.61. The molecular formula is C17H15F2N3O2S. The number of carbonyl (C=O) groups is 1. The highest BCUT2D eigenvalue weighted by Gasteiger charge is 2.14. The number of amides is 1. The van der Waals surface area contributed by atoms with Crippen molar-refractivity contribution in [2.45, 2.75) is 26.8 Å². The van der Waals surface area contributed by atoms with Crippen LogP contribution in [0.4, 0.5) is 14.5 Å². The second kappa shape index (κ2) is 6.72. The van der Waals surface area contributed by atoms with Gasteiger partial charge in [0.25, 0.3) is 5.56 Å². The van der Waals surface area contributed by atoms with Crippen LogP contribution in [0.25, 0.3) is 10.2 Å². The molecule has 1 aromatic carbocycles. The van der Waals surface area contributed by atoms with Crippen molar-refractivity contribution in [3.8, 4) is 0 Å². The summed E-state index contributed by atoms with van der Waals surface area (Å²) < 4.78 is 28.4. The number of benzene rings is 1. The third kappa shape index (κ3) is 3.30. The number of aromatic nitrogens is 2. The highest BCUT2D eigenvalue weighted by molar-refractivity contribution is 7.18. The Kier molecular flexibility index (Phi) is 4.63. The number of hydrogen-bond donors (Lipinski definition) is 1. The van der Waals surface area contributed by atoms with Gasteiger partial charge >= 0.3 is 0 Å². The Labute approximate surface area is 145 Å². The van der Waals surface area contributed by atoms with Gasteiger partial charge in [-0.25, -0.2) is 13.8 Å². The number of halogens is 2. The van der Waals surface area contributed by atoms with E-state index in [4.69, 9.17) is 0 Å². The van der Waals surface area contributed by atoms with Crippen LogP contribution in [0.2, 0.25) is 0 Å². The Morgan fingerprint density at radius 3 is 2.64 bits per heavy atom. The molecule has 0 spiro atoms. The van der Waals surface area contributed by atoms with Gasteiger partial charge in [-0.3, -0.25) is 14.2 Å². The van der Waals surface area contributed by atoms with Gasteiger partial charge in [-0.05, 0) is 31.5 Å². The van der Waals surface area contributed by atoms with Gasteiger partial charge in [0.05, 0.1) is 11.7 Å². The van der Waals surface area contributed by atoms with Gasteiger partial charge in [0.2, 0.25) is 5.91 Å². The van der Waals surface area contributed by atoms with E-state index < -0.39 is 23.2 Å². The molecule has 2 heterocycles. The van der Waals surface area contributed by atoms with E-state index in [0.717, 1.165) is 22.6 Å². The Morgan fingerprint density at radius 2 is 1.96 bits per heavy atom. The molecule has 0 aliphatic heterocycles. The molecule has 3 rings (SSSR count). The second-order valence-electron chi connectivity index (χ2n) is 5.60. The SMILES string of the molecule is Cc1sc2ncn(CCC(=O)Nc3c(F)cccc3F)c(=O)c2c1C. The maximum absolute atomic E-state index is 13.5. The number of para-hydroxylation sites is 1. The minimum Gasteiger partial charge on any atom is -0.321 e. The number of nitrogens with one attached hydrogen (secondary N) is 1. The number of aryl methyl sites for hydroxylation is 3. The zero-order valence-electron chi connectivity index (χ0n) is 13.6. The molecular weight excluding hydrogens is 348 g/mol. The lowest BCUT2D eigenvalue weighted by atomic mass is 10.2. The first-order valence-corrected chi connectivity index (χ1v) is 8.39. The molecule has 130 valence electrons. The van der Waals surface area contributed by atoms with Crippen molar-refractivity contribution in [2.75, 3.05) is 5.32 Å². The van der Waals surface area contributed by atoms with Crippen molar-refractivity contribution in [1.82, 2.24) is 9.55 Å². The van der Waals surface area contributed by atoms with E-state index in [1.807, 2.05) is 13.8 Å². The molecule has 0 aliphatic carbocycles. The van der Waals surface area contributed by atoms with Crippen molar-refractivity contribution in [2.24, 2.45) is 0 Å². The lowest BCUT2D eigenvalue weighted by Gasteiger charge is -2.08. The number of carbonyl (C=O) groups excluding carboxylic acids is 1. The van der Waals surface area contributed by atoms with Crippen LogP contribution in [0.1, 0.15) is 16.9 Å². The van der Waals surface area contributed by atoms with Gasteiger partial charge in [0.15, 0.2) is 0 Å². The highest BCUT2D eigenvalue weighted by Crippen LogP contribution is 2.25. The number of anilines is 1. The standard InChI is InChI=1S/C17H15F2N3O2S/c1-9-10(2)25-16-14(9)17(24)22(8-20-16)7-6-13(23)21-15-11(18)4-3-5-12(15)19/h3-5,8H,6-7H2,1-2H3,(H,21,23). The number of rotatable bonds is 4. The molecule has 25 heavy (non-hydrogen) atoms. The highest BCUT2D eigenvalue weighted by atomic mass is 32.1. The smallest absolute Gasteiger partial charge is 0.262 e. The zero-order valence-corrected chi connectivity index (χ0v) is 14.4. The average molecular weight is 363 g/mol. The summed E-state index contributed by atoms with van der Waals surface area (Å²) in [7, 11) is 0. The summed E-state index contributed by atoms with van der Waals surface area (Å²) in [6.45, 7) is 3.84. The summed E-state index contributed by atoms with van der Waals surface area (Å²) in [6.07, 6.45) is 1.28.